The third-order valence-corrected chi connectivity index (χ3v) is 10.6. The van der Waals surface area contributed by atoms with Gasteiger partial charge in [-0.2, -0.15) is 4.31 Å². The van der Waals surface area contributed by atoms with Crippen LogP contribution >= 0.6 is 11.8 Å². The Balaban J connectivity index is 1.23. The fourth-order valence-electron chi connectivity index (χ4n) is 4.96. The molecule has 0 bridgehead atoms. The molecule has 0 aliphatic carbocycles. The number of amides is 1. The summed E-state index contributed by atoms with van der Waals surface area (Å²) >= 11 is 1.76. The van der Waals surface area contributed by atoms with E-state index in [0.717, 1.165) is 37.9 Å². The summed E-state index contributed by atoms with van der Waals surface area (Å²) in [6.45, 7) is 5.98. The van der Waals surface area contributed by atoms with Crippen LogP contribution in [-0.4, -0.2) is 74.2 Å². The van der Waals surface area contributed by atoms with Gasteiger partial charge in [0.2, 0.25) is 15.9 Å². The number of likely N-dealkylation sites (tertiary alicyclic amines) is 1. The molecule has 1 unspecified atom stereocenters. The summed E-state index contributed by atoms with van der Waals surface area (Å²) in [6, 6.07) is 14.5. The van der Waals surface area contributed by atoms with Crippen molar-refractivity contribution in [1.82, 2.24) is 14.1 Å². The number of hydrogen-bond donors (Lipinski definition) is 0. The van der Waals surface area contributed by atoms with E-state index < -0.39 is 15.3 Å². The van der Waals surface area contributed by atoms with E-state index in [0.29, 0.717) is 32.7 Å². The molecule has 0 radical (unpaired) electrons. The van der Waals surface area contributed by atoms with Crippen LogP contribution in [0.2, 0.25) is 0 Å². The molecule has 3 aliphatic heterocycles. The zero-order chi connectivity index (χ0) is 23.0. The highest BCUT2D eigenvalue weighted by Crippen LogP contribution is 2.41. The number of sulfonamides is 1. The average molecular weight is 486 g/mol. The first-order valence-corrected chi connectivity index (χ1v) is 14.1. The Morgan fingerprint density at radius 3 is 2.39 bits per heavy atom. The van der Waals surface area contributed by atoms with Crippen molar-refractivity contribution in [2.75, 3.05) is 45.8 Å². The van der Waals surface area contributed by atoms with Gasteiger partial charge in [0.05, 0.1) is 11.8 Å². The van der Waals surface area contributed by atoms with E-state index in [9.17, 15) is 13.2 Å². The van der Waals surface area contributed by atoms with Gasteiger partial charge in [0.1, 0.15) is 0 Å². The van der Waals surface area contributed by atoms with E-state index >= 15 is 0 Å². The van der Waals surface area contributed by atoms with Gasteiger partial charge in [-0.15, -0.1) is 0 Å². The van der Waals surface area contributed by atoms with E-state index in [4.69, 9.17) is 0 Å². The summed E-state index contributed by atoms with van der Waals surface area (Å²) in [5, 5.41) is -0.595. The largest absolute Gasteiger partial charge is 0.342 e. The molecular formula is C25H31N3O3S2. The van der Waals surface area contributed by atoms with Crippen LogP contribution in [0.4, 0.5) is 0 Å². The van der Waals surface area contributed by atoms with Gasteiger partial charge >= 0.3 is 0 Å². The normalized spacial score (nSPS) is 20.3. The summed E-state index contributed by atoms with van der Waals surface area (Å²) in [7, 11) is -3.47. The summed E-state index contributed by atoms with van der Waals surface area (Å²) in [6.07, 6.45) is 3.01. The van der Waals surface area contributed by atoms with Gasteiger partial charge in [0.25, 0.3) is 0 Å². The zero-order valence-electron chi connectivity index (χ0n) is 19.1. The molecule has 8 heteroatoms. The highest BCUT2D eigenvalue weighted by atomic mass is 32.2. The Morgan fingerprint density at radius 1 is 0.939 bits per heavy atom. The van der Waals surface area contributed by atoms with Crippen molar-refractivity contribution in [3.63, 3.8) is 0 Å². The van der Waals surface area contributed by atoms with Crippen molar-refractivity contribution < 1.29 is 13.2 Å². The average Bonchev–Trinajstić information content (AvgIpc) is 3.37. The van der Waals surface area contributed by atoms with Crippen LogP contribution in [0.3, 0.4) is 0 Å². The fraction of sp³-hybridized carbons (Fsp3) is 0.480. The van der Waals surface area contributed by atoms with E-state index in [-0.39, 0.29) is 5.91 Å². The van der Waals surface area contributed by atoms with E-state index in [2.05, 4.69) is 41.3 Å². The maximum Gasteiger partial charge on any atom is 0.236 e. The molecule has 2 aromatic carbocycles. The van der Waals surface area contributed by atoms with E-state index in [1.165, 1.54) is 20.9 Å². The monoisotopic (exact) mass is 485 g/mol. The fourth-order valence-corrected chi connectivity index (χ4v) is 7.62. The minimum Gasteiger partial charge on any atom is -0.342 e. The van der Waals surface area contributed by atoms with E-state index in [1.807, 2.05) is 11.0 Å². The molecule has 0 N–H and O–H groups in total. The second-order valence-electron chi connectivity index (χ2n) is 9.20. The van der Waals surface area contributed by atoms with Gasteiger partial charge in [0, 0.05) is 49.1 Å². The molecule has 1 amide bonds. The molecular weight excluding hydrogens is 454 g/mol. The second-order valence-corrected chi connectivity index (χ2v) is 12.5. The number of carbonyl (C=O) groups excluding carboxylic acids is 1. The van der Waals surface area contributed by atoms with Crippen molar-refractivity contribution in [1.29, 1.82) is 0 Å². The number of benzene rings is 2. The molecule has 0 aromatic heterocycles. The molecule has 3 heterocycles. The molecule has 33 heavy (non-hydrogen) atoms. The summed E-state index contributed by atoms with van der Waals surface area (Å²) < 4.78 is 28.4. The van der Waals surface area contributed by atoms with Crippen molar-refractivity contribution >= 4 is 27.7 Å². The van der Waals surface area contributed by atoms with Gasteiger partial charge in [-0.3, -0.25) is 9.69 Å². The van der Waals surface area contributed by atoms with Gasteiger partial charge < -0.3 is 4.90 Å². The Bertz CT molecular complexity index is 1140. The highest BCUT2D eigenvalue weighted by molar-refractivity contribution is 7.99. The molecule has 2 saturated heterocycles. The molecule has 0 spiro atoms. The number of rotatable bonds is 5. The SMILES string of the molecule is CC(c1ccc2c(c1)Cc1ccccc1S2)S(=O)(=O)N1CCN(CC(=O)N2CCCC2)CC1. The van der Waals surface area contributed by atoms with Crippen LogP contribution in [0.15, 0.2) is 52.3 Å². The third kappa shape index (κ3) is 4.71. The molecule has 3 aliphatic rings. The van der Waals surface area contributed by atoms with Gasteiger partial charge in [0.15, 0.2) is 0 Å². The second kappa shape index (κ2) is 9.41. The van der Waals surface area contributed by atoms with Crippen LogP contribution in [0, 0.1) is 0 Å². The Morgan fingerprint density at radius 2 is 1.64 bits per heavy atom. The standard InChI is InChI=1S/C25H31N3O3S2/c1-19(20-8-9-24-22(16-20)17-21-6-2-3-7-23(21)32-24)33(30,31)28-14-12-26(13-15-28)18-25(29)27-10-4-5-11-27/h2-3,6-9,16,19H,4-5,10-15,17-18H2,1H3. The van der Waals surface area contributed by atoms with Crippen LogP contribution in [0.25, 0.3) is 0 Å². The topological polar surface area (TPSA) is 60.9 Å². The van der Waals surface area contributed by atoms with Gasteiger partial charge in [-0.25, -0.2) is 8.42 Å². The molecule has 0 saturated carbocycles. The number of piperazine rings is 1. The highest BCUT2D eigenvalue weighted by Gasteiger charge is 2.34. The lowest BCUT2D eigenvalue weighted by Gasteiger charge is -2.35. The van der Waals surface area contributed by atoms with Crippen LogP contribution in [-0.2, 0) is 21.2 Å². The lowest BCUT2D eigenvalue weighted by Crippen LogP contribution is -2.51. The van der Waals surface area contributed by atoms with Crippen molar-refractivity contribution in [2.24, 2.45) is 0 Å². The summed E-state index contributed by atoms with van der Waals surface area (Å²) in [5.41, 5.74) is 3.34. The van der Waals surface area contributed by atoms with Crippen LogP contribution in [0.5, 0.6) is 0 Å². The minimum absolute atomic E-state index is 0.172. The third-order valence-electron chi connectivity index (χ3n) is 7.08. The zero-order valence-corrected chi connectivity index (χ0v) is 20.7. The molecule has 6 nitrogen and oxygen atoms in total. The number of hydrogen-bond acceptors (Lipinski definition) is 5. The first kappa shape index (κ1) is 22.9. The lowest BCUT2D eigenvalue weighted by molar-refractivity contribution is -0.131. The van der Waals surface area contributed by atoms with Crippen LogP contribution < -0.4 is 0 Å². The maximum absolute atomic E-state index is 13.4. The summed E-state index contributed by atoms with van der Waals surface area (Å²) in [4.78, 5) is 18.9. The van der Waals surface area contributed by atoms with Crippen LogP contribution in [0.1, 0.15) is 41.7 Å². The molecule has 5 rings (SSSR count). The van der Waals surface area contributed by atoms with E-state index in [1.54, 1.807) is 23.0 Å². The maximum atomic E-state index is 13.4. The van der Waals surface area contributed by atoms with Gasteiger partial charge in [-0.05, 0) is 55.0 Å². The summed E-state index contributed by atoms with van der Waals surface area (Å²) in [5.74, 6) is 0.172. The lowest BCUT2D eigenvalue weighted by atomic mass is 10.0. The molecule has 2 fully saturated rings. The Labute approximate surface area is 201 Å². The Kier molecular flexibility index (Phi) is 6.53. The molecule has 176 valence electrons. The van der Waals surface area contributed by atoms with Crippen molar-refractivity contribution in [3.8, 4) is 0 Å². The van der Waals surface area contributed by atoms with Gasteiger partial charge in [-0.1, -0.05) is 42.1 Å². The molecule has 1 atom stereocenters. The minimum atomic E-state index is -3.47. The number of nitrogens with zero attached hydrogens (tertiary/aromatic N) is 3. The number of fused-ring (bicyclic) bond motifs is 2. The Hall–Kier alpha value is -1.87. The first-order valence-electron chi connectivity index (χ1n) is 11.8. The predicted molar refractivity (Wildman–Crippen MR) is 131 cm³/mol. The predicted octanol–water partition coefficient (Wildman–Crippen LogP) is 3.37. The van der Waals surface area contributed by atoms with Crippen molar-refractivity contribution in [3.05, 3.63) is 59.2 Å². The first-order chi connectivity index (χ1) is 15.9. The molecule has 2 aromatic rings. The number of carbonyl (C=O) groups is 1. The van der Waals surface area contributed by atoms with Crippen molar-refractivity contribution in [2.45, 2.75) is 41.2 Å². The quantitative estimate of drug-likeness (QED) is 0.555. The smallest absolute Gasteiger partial charge is 0.236 e.